The minimum absolute atomic E-state index is 0.0770. The molecule has 2 aliphatic rings. The van der Waals surface area contributed by atoms with Crippen LogP contribution in [-0.2, 0) is 0 Å². The Morgan fingerprint density at radius 3 is 2.54 bits per heavy atom. The number of nitrogens with one attached hydrogen (secondary N) is 1. The molecular formula is C20H27N3O. The Morgan fingerprint density at radius 1 is 1.38 bits per heavy atom. The number of carbonyl (C=O) groups excluding carboxylic acids is 1. The lowest BCUT2D eigenvalue weighted by Crippen LogP contribution is -2.26. The van der Waals surface area contributed by atoms with E-state index >= 15 is 0 Å². The third kappa shape index (κ3) is 3.86. The van der Waals surface area contributed by atoms with Crippen LogP contribution in [0, 0.1) is 12.8 Å². The number of terminal acetylenes is 1. The van der Waals surface area contributed by atoms with Crippen molar-refractivity contribution in [3.63, 3.8) is 0 Å². The van der Waals surface area contributed by atoms with Crippen LogP contribution in [0.15, 0.2) is 41.4 Å². The molecule has 1 fully saturated rings. The van der Waals surface area contributed by atoms with Crippen LogP contribution in [0.2, 0.25) is 0 Å². The van der Waals surface area contributed by atoms with Gasteiger partial charge in [-0.05, 0) is 51.3 Å². The molecule has 1 aromatic rings. The number of anilines is 1. The summed E-state index contributed by atoms with van der Waals surface area (Å²) in [6.07, 6.45) is 14.1. The van der Waals surface area contributed by atoms with E-state index < -0.39 is 0 Å². The lowest BCUT2D eigenvalue weighted by Gasteiger charge is -2.25. The Labute approximate surface area is 145 Å². The molecule has 1 aromatic heterocycles. The fraction of sp³-hybridized carbons (Fsp3) is 0.400. The number of rotatable bonds is 2. The highest BCUT2D eigenvalue weighted by Gasteiger charge is 2.36. The number of pyridine rings is 1. The molecule has 1 aliphatic heterocycles. The van der Waals surface area contributed by atoms with E-state index in [-0.39, 0.29) is 5.91 Å². The largest absolute Gasteiger partial charge is 0.325 e. The smallest absolute Gasteiger partial charge is 0.259 e. The Balaban J connectivity index is 0.000000671. The molecule has 2 heterocycles. The summed E-state index contributed by atoms with van der Waals surface area (Å²) in [5, 5.41) is 3.04. The second-order valence-corrected chi connectivity index (χ2v) is 5.36. The van der Waals surface area contributed by atoms with Crippen molar-refractivity contribution in [3.8, 4) is 12.8 Å². The highest BCUT2D eigenvalue weighted by molar-refractivity contribution is 6.01. The van der Waals surface area contributed by atoms with E-state index in [1.807, 2.05) is 45.9 Å². The van der Waals surface area contributed by atoms with Crippen molar-refractivity contribution < 1.29 is 4.79 Å². The number of nitrogens with zero attached hydrogens (tertiary/aromatic N) is 2. The maximum Gasteiger partial charge on any atom is 0.259 e. The first-order valence-electron chi connectivity index (χ1n) is 8.36. The molecule has 4 nitrogen and oxygen atoms in total. The molecule has 0 unspecified atom stereocenters. The van der Waals surface area contributed by atoms with E-state index in [0.29, 0.717) is 11.6 Å². The minimum atomic E-state index is -0.0770. The third-order valence-corrected chi connectivity index (χ3v) is 3.96. The zero-order chi connectivity index (χ0) is 18.3. The van der Waals surface area contributed by atoms with Crippen molar-refractivity contribution in [1.29, 1.82) is 0 Å². The van der Waals surface area contributed by atoms with Crippen molar-refractivity contribution >= 4 is 11.7 Å². The molecule has 0 aromatic carbocycles. The zero-order valence-corrected chi connectivity index (χ0v) is 15.3. The first kappa shape index (κ1) is 19.5. The summed E-state index contributed by atoms with van der Waals surface area (Å²) in [7, 11) is 0. The van der Waals surface area contributed by atoms with Gasteiger partial charge in [0, 0.05) is 17.9 Å². The quantitative estimate of drug-likeness (QED) is 0.826. The van der Waals surface area contributed by atoms with E-state index in [9.17, 15) is 4.79 Å². The van der Waals surface area contributed by atoms with Crippen LogP contribution < -0.4 is 10.2 Å². The van der Waals surface area contributed by atoms with Crippen LogP contribution in [-0.4, -0.2) is 16.9 Å². The molecule has 128 valence electrons. The van der Waals surface area contributed by atoms with Crippen LogP contribution in [0.5, 0.6) is 0 Å². The van der Waals surface area contributed by atoms with Gasteiger partial charge >= 0.3 is 0 Å². The van der Waals surface area contributed by atoms with Gasteiger partial charge in [0.1, 0.15) is 5.82 Å². The van der Waals surface area contributed by atoms with Crippen LogP contribution in [0.4, 0.5) is 5.82 Å². The van der Waals surface area contributed by atoms with E-state index in [1.165, 1.54) is 0 Å². The molecule has 1 saturated carbocycles. The maximum atomic E-state index is 12.4. The molecule has 0 spiro atoms. The lowest BCUT2D eigenvalue weighted by molar-refractivity contribution is 0.0967. The van der Waals surface area contributed by atoms with Crippen molar-refractivity contribution in [1.82, 2.24) is 10.3 Å². The topological polar surface area (TPSA) is 45.2 Å². The van der Waals surface area contributed by atoms with Crippen LogP contribution in [0.25, 0.3) is 0 Å². The van der Waals surface area contributed by atoms with E-state index in [4.69, 9.17) is 0 Å². The summed E-state index contributed by atoms with van der Waals surface area (Å²) >= 11 is 0. The third-order valence-electron chi connectivity index (χ3n) is 3.96. The van der Waals surface area contributed by atoms with Gasteiger partial charge < -0.3 is 10.2 Å². The second kappa shape index (κ2) is 8.93. The molecule has 1 aliphatic carbocycles. The number of allylic oxidation sites excluding steroid dienone is 3. The van der Waals surface area contributed by atoms with E-state index in [2.05, 4.69) is 35.0 Å². The van der Waals surface area contributed by atoms with Crippen molar-refractivity contribution in [2.75, 3.05) is 4.90 Å². The molecule has 0 radical (unpaired) electrons. The summed E-state index contributed by atoms with van der Waals surface area (Å²) in [6.45, 7) is 10.1. The van der Waals surface area contributed by atoms with E-state index in [1.54, 1.807) is 6.20 Å². The summed E-state index contributed by atoms with van der Waals surface area (Å²) in [4.78, 5) is 19.1. The summed E-state index contributed by atoms with van der Waals surface area (Å²) < 4.78 is 0. The van der Waals surface area contributed by atoms with Crippen molar-refractivity contribution in [2.24, 2.45) is 0 Å². The standard InChI is InChI=1S/C16H19N3O.C2H6.C2H2/c1-4-10(2)14-11(3)19(12-7-8-12)15-13(16(20)18-14)6-5-9-17-15;2*1-2/h4-6,9,12H,7-8H2,1-3H3,(H,18,20);1-2H3;1-2H/b10-4-;;. The van der Waals surface area contributed by atoms with Gasteiger partial charge in [0.2, 0.25) is 0 Å². The number of carbonyl (C=O) groups is 1. The SMILES string of the molecule is C#C.C/C=C(/C)C1=C(C)N(C2CC2)c2ncccc2C(=O)N1.CC. The van der Waals surface area contributed by atoms with Gasteiger partial charge in [-0.25, -0.2) is 4.98 Å². The molecule has 0 saturated heterocycles. The second-order valence-electron chi connectivity index (χ2n) is 5.36. The highest BCUT2D eigenvalue weighted by atomic mass is 16.1. The normalized spacial score (nSPS) is 16.7. The fourth-order valence-corrected chi connectivity index (χ4v) is 2.62. The molecule has 1 N–H and O–H groups in total. The number of amides is 1. The van der Waals surface area contributed by atoms with Crippen molar-refractivity contribution in [2.45, 2.75) is 53.5 Å². The van der Waals surface area contributed by atoms with Crippen LogP contribution >= 0.6 is 0 Å². The average Bonchev–Trinajstić information content (AvgIpc) is 3.47. The van der Waals surface area contributed by atoms with Gasteiger partial charge in [-0.15, -0.1) is 12.8 Å². The van der Waals surface area contributed by atoms with Gasteiger partial charge in [-0.2, -0.15) is 0 Å². The van der Waals surface area contributed by atoms with Gasteiger partial charge in [0.05, 0.1) is 11.3 Å². The number of hydrogen-bond donors (Lipinski definition) is 1. The monoisotopic (exact) mass is 325 g/mol. The molecule has 0 bridgehead atoms. The van der Waals surface area contributed by atoms with Gasteiger partial charge in [-0.1, -0.05) is 19.9 Å². The highest BCUT2D eigenvalue weighted by Crippen LogP contribution is 2.38. The zero-order valence-electron chi connectivity index (χ0n) is 15.3. The Kier molecular flexibility index (Phi) is 7.26. The fourth-order valence-electron chi connectivity index (χ4n) is 2.62. The molecule has 3 rings (SSSR count). The van der Waals surface area contributed by atoms with Crippen LogP contribution in [0.3, 0.4) is 0 Å². The lowest BCUT2D eigenvalue weighted by atomic mass is 10.1. The number of hydrogen-bond acceptors (Lipinski definition) is 3. The first-order chi connectivity index (χ1) is 11.6. The number of fused-ring (bicyclic) bond motifs is 1. The Hall–Kier alpha value is -2.54. The summed E-state index contributed by atoms with van der Waals surface area (Å²) in [5.41, 5.74) is 3.71. The van der Waals surface area contributed by atoms with Gasteiger partial charge in [0.15, 0.2) is 0 Å². The first-order valence-corrected chi connectivity index (χ1v) is 8.36. The molecule has 24 heavy (non-hydrogen) atoms. The van der Waals surface area contributed by atoms with Gasteiger partial charge in [-0.3, -0.25) is 4.79 Å². The summed E-state index contributed by atoms with van der Waals surface area (Å²) in [6, 6.07) is 4.12. The van der Waals surface area contributed by atoms with Crippen LogP contribution in [0.1, 0.15) is 57.8 Å². The number of aromatic nitrogens is 1. The summed E-state index contributed by atoms with van der Waals surface area (Å²) in [5.74, 6) is 0.704. The van der Waals surface area contributed by atoms with E-state index in [0.717, 1.165) is 35.6 Å². The maximum absolute atomic E-state index is 12.4. The van der Waals surface area contributed by atoms with Crippen molar-refractivity contribution in [3.05, 3.63) is 46.9 Å². The minimum Gasteiger partial charge on any atom is -0.325 e. The Bertz CT molecular complexity index is 666. The Morgan fingerprint density at radius 2 is 2.00 bits per heavy atom. The molecule has 0 atom stereocenters. The van der Waals surface area contributed by atoms with Gasteiger partial charge in [0.25, 0.3) is 5.91 Å². The average molecular weight is 325 g/mol. The molecular weight excluding hydrogens is 298 g/mol. The predicted octanol–water partition coefficient (Wildman–Crippen LogP) is 4.27. The molecule has 4 heteroatoms. The molecule has 1 amide bonds. The predicted molar refractivity (Wildman–Crippen MR) is 101 cm³/mol.